The summed E-state index contributed by atoms with van der Waals surface area (Å²) >= 11 is 0. The van der Waals surface area contributed by atoms with Crippen LogP contribution in [0.4, 0.5) is 5.69 Å². The van der Waals surface area contributed by atoms with Crippen molar-refractivity contribution in [3.05, 3.63) is 29.3 Å². The molecule has 0 radical (unpaired) electrons. The van der Waals surface area contributed by atoms with E-state index in [2.05, 4.69) is 17.4 Å². The molecule has 3 rings (SSSR count). The van der Waals surface area contributed by atoms with Gasteiger partial charge in [0.25, 0.3) is 0 Å². The maximum atomic E-state index is 12.2. The third kappa shape index (κ3) is 2.51. The Labute approximate surface area is 114 Å². The van der Waals surface area contributed by atoms with Gasteiger partial charge < -0.3 is 16.0 Å². The molecule has 1 unspecified atom stereocenters. The molecule has 19 heavy (non-hydrogen) atoms. The molecule has 0 saturated carbocycles. The van der Waals surface area contributed by atoms with Crippen molar-refractivity contribution < 1.29 is 4.79 Å². The lowest BCUT2D eigenvalue weighted by Gasteiger charge is -2.28. The van der Waals surface area contributed by atoms with Gasteiger partial charge in [0, 0.05) is 18.8 Å². The second-order valence-corrected chi connectivity index (χ2v) is 5.56. The summed E-state index contributed by atoms with van der Waals surface area (Å²) in [6.07, 6.45) is 2.96. The molecule has 1 atom stereocenters. The number of carbonyl (C=O) groups excluding carboxylic acids is 1. The topological polar surface area (TPSA) is 58.4 Å². The van der Waals surface area contributed by atoms with Crippen LogP contribution in [0.1, 0.15) is 24.0 Å². The molecule has 0 spiro atoms. The minimum Gasteiger partial charge on any atom is -0.326 e. The second-order valence-electron chi connectivity index (χ2n) is 5.56. The molecule has 2 aliphatic heterocycles. The molecule has 1 aromatic carbocycles. The normalized spacial score (nSPS) is 22.7. The van der Waals surface area contributed by atoms with E-state index in [-0.39, 0.29) is 5.91 Å². The van der Waals surface area contributed by atoms with Gasteiger partial charge in [0.15, 0.2) is 0 Å². The summed E-state index contributed by atoms with van der Waals surface area (Å²) in [6, 6.07) is 6.16. The van der Waals surface area contributed by atoms with Crippen LogP contribution in [0.5, 0.6) is 0 Å². The van der Waals surface area contributed by atoms with Crippen LogP contribution in [-0.2, 0) is 17.8 Å². The maximum Gasteiger partial charge on any atom is 0.231 e. The fourth-order valence-electron chi connectivity index (χ4n) is 3.10. The highest BCUT2D eigenvalue weighted by atomic mass is 16.2. The molecule has 0 bridgehead atoms. The molecule has 4 nitrogen and oxygen atoms in total. The molecular weight excluding hydrogens is 238 g/mol. The first-order valence-corrected chi connectivity index (χ1v) is 7.11. The Morgan fingerprint density at radius 3 is 3.05 bits per heavy atom. The van der Waals surface area contributed by atoms with Gasteiger partial charge in [-0.05, 0) is 49.0 Å². The zero-order valence-corrected chi connectivity index (χ0v) is 11.2. The van der Waals surface area contributed by atoms with Gasteiger partial charge in [-0.2, -0.15) is 0 Å². The predicted molar refractivity (Wildman–Crippen MR) is 76.0 cm³/mol. The maximum absolute atomic E-state index is 12.2. The molecule has 1 saturated heterocycles. The highest BCUT2D eigenvalue weighted by molar-refractivity contribution is 6.01. The van der Waals surface area contributed by atoms with E-state index in [0.29, 0.717) is 18.9 Å². The number of hydrogen-bond donors (Lipinski definition) is 2. The zero-order valence-electron chi connectivity index (χ0n) is 11.2. The molecule has 2 aliphatic rings. The monoisotopic (exact) mass is 259 g/mol. The SMILES string of the molecule is NCc1ccc2c(c1)CC(=O)N2CC1CCCNC1. The number of benzene rings is 1. The van der Waals surface area contributed by atoms with Crippen LogP contribution < -0.4 is 16.0 Å². The summed E-state index contributed by atoms with van der Waals surface area (Å²) < 4.78 is 0. The van der Waals surface area contributed by atoms with E-state index in [9.17, 15) is 4.79 Å². The van der Waals surface area contributed by atoms with Gasteiger partial charge >= 0.3 is 0 Å². The third-order valence-corrected chi connectivity index (χ3v) is 4.15. The Balaban J connectivity index is 1.78. The Morgan fingerprint density at radius 2 is 2.32 bits per heavy atom. The lowest BCUT2D eigenvalue weighted by molar-refractivity contribution is -0.117. The second kappa shape index (κ2) is 5.31. The first-order chi connectivity index (χ1) is 9.28. The van der Waals surface area contributed by atoms with Crippen molar-refractivity contribution in [3.63, 3.8) is 0 Å². The number of carbonyl (C=O) groups is 1. The Kier molecular flexibility index (Phi) is 3.53. The highest BCUT2D eigenvalue weighted by Crippen LogP contribution is 2.31. The van der Waals surface area contributed by atoms with Gasteiger partial charge in [-0.3, -0.25) is 4.79 Å². The standard InChI is InChI=1S/C15H21N3O/c16-8-11-3-4-14-13(6-11)7-15(19)18(14)10-12-2-1-5-17-9-12/h3-4,6,12,17H,1-2,5,7-10,16H2. The quantitative estimate of drug-likeness (QED) is 0.852. The van der Waals surface area contributed by atoms with Gasteiger partial charge in [-0.15, -0.1) is 0 Å². The average molecular weight is 259 g/mol. The Morgan fingerprint density at radius 1 is 1.42 bits per heavy atom. The molecular formula is C15H21N3O. The van der Waals surface area contributed by atoms with Crippen LogP contribution in [0, 0.1) is 5.92 Å². The third-order valence-electron chi connectivity index (χ3n) is 4.15. The predicted octanol–water partition coefficient (Wildman–Crippen LogP) is 1.03. The summed E-state index contributed by atoms with van der Waals surface area (Å²) in [7, 11) is 0. The largest absolute Gasteiger partial charge is 0.326 e. The Bertz CT molecular complexity index is 480. The van der Waals surface area contributed by atoms with Crippen LogP contribution in [-0.4, -0.2) is 25.5 Å². The van der Waals surface area contributed by atoms with Crippen molar-refractivity contribution in [1.82, 2.24) is 5.32 Å². The van der Waals surface area contributed by atoms with E-state index in [1.54, 1.807) is 0 Å². The summed E-state index contributed by atoms with van der Waals surface area (Å²) in [5.41, 5.74) is 8.99. The number of rotatable bonds is 3. The van der Waals surface area contributed by atoms with Crippen LogP contribution in [0.15, 0.2) is 18.2 Å². The molecule has 2 heterocycles. The van der Waals surface area contributed by atoms with E-state index in [1.165, 1.54) is 12.8 Å². The summed E-state index contributed by atoms with van der Waals surface area (Å²) in [4.78, 5) is 14.1. The smallest absolute Gasteiger partial charge is 0.231 e. The van der Waals surface area contributed by atoms with E-state index in [4.69, 9.17) is 5.73 Å². The Hall–Kier alpha value is -1.39. The molecule has 1 amide bonds. The number of piperidine rings is 1. The number of fused-ring (bicyclic) bond motifs is 1. The van der Waals surface area contributed by atoms with Gasteiger partial charge in [-0.25, -0.2) is 0 Å². The summed E-state index contributed by atoms with van der Waals surface area (Å²) in [5.74, 6) is 0.813. The minimum atomic E-state index is 0.231. The number of anilines is 1. The van der Waals surface area contributed by atoms with Gasteiger partial charge in [0.05, 0.1) is 6.42 Å². The van der Waals surface area contributed by atoms with Crippen molar-refractivity contribution >= 4 is 11.6 Å². The fourth-order valence-corrected chi connectivity index (χ4v) is 3.10. The lowest BCUT2D eigenvalue weighted by atomic mass is 9.99. The van der Waals surface area contributed by atoms with E-state index >= 15 is 0 Å². The van der Waals surface area contributed by atoms with Gasteiger partial charge in [-0.1, -0.05) is 12.1 Å². The fraction of sp³-hybridized carbons (Fsp3) is 0.533. The highest BCUT2D eigenvalue weighted by Gasteiger charge is 2.29. The zero-order chi connectivity index (χ0) is 13.2. The molecule has 1 fully saturated rings. The first kappa shape index (κ1) is 12.6. The molecule has 0 aliphatic carbocycles. The molecule has 3 N–H and O–H groups in total. The number of hydrogen-bond acceptors (Lipinski definition) is 3. The van der Waals surface area contributed by atoms with E-state index in [1.807, 2.05) is 11.0 Å². The van der Waals surface area contributed by atoms with Crippen LogP contribution in [0.3, 0.4) is 0 Å². The van der Waals surface area contributed by atoms with Crippen molar-refractivity contribution in [2.24, 2.45) is 11.7 Å². The van der Waals surface area contributed by atoms with Crippen molar-refractivity contribution in [3.8, 4) is 0 Å². The van der Waals surface area contributed by atoms with Crippen LogP contribution >= 0.6 is 0 Å². The molecule has 0 aromatic heterocycles. The van der Waals surface area contributed by atoms with Crippen LogP contribution in [0.2, 0.25) is 0 Å². The minimum absolute atomic E-state index is 0.231. The average Bonchev–Trinajstić information content (AvgIpc) is 2.75. The van der Waals surface area contributed by atoms with Crippen molar-refractivity contribution in [2.45, 2.75) is 25.8 Å². The summed E-state index contributed by atoms with van der Waals surface area (Å²) in [5, 5.41) is 3.41. The number of nitrogens with zero attached hydrogens (tertiary/aromatic N) is 1. The molecule has 102 valence electrons. The first-order valence-electron chi connectivity index (χ1n) is 7.11. The molecule has 4 heteroatoms. The number of amides is 1. The van der Waals surface area contributed by atoms with Crippen molar-refractivity contribution in [1.29, 1.82) is 0 Å². The number of nitrogens with one attached hydrogen (secondary N) is 1. The summed E-state index contributed by atoms with van der Waals surface area (Å²) in [6.45, 7) is 3.52. The lowest BCUT2D eigenvalue weighted by Crippen LogP contribution is -2.39. The van der Waals surface area contributed by atoms with E-state index < -0.39 is 0 Å². The van der Waals surface area contributed by atoms with E-state index in [0.717, 1.165) is 36.4 Å². The van der Waals surface area contributed by atoms with Gasteiger partial charge in [0.1, 0.15) is 0 Å². The number of nitrogens with two attached hydrogens (primary N) is 1. The van der Waals surface area contributed by atoms with Crippen LogP contribution in [0.25, 0.3) is 0 Å². The molecule has 1 aromatic rings. The van der Waals surface area contributed by atoms with Gasteiger partial charge in [0.2, 0.25) is 5.91 Å². The van der Waals surface area contributed by atoms with Crippen molar-refractivity contribution in [2.75, 3.05) is 24.5 Å².